The van der Waals surface area contributed by atoms with Gasteiger partial charge in [0.25, 0.3) is 10.0 Å². The van der Waals surface area contributed by atoms with Crippen molar-refractivity contribution in [3.05, 3.63) is 51.8 Å². The second-order valence-electron chi connectivity index (χ2n) is 4.80. The molecule has 2 aromatic rings. The highest BCUT2D eigenvalue weighted by Gasteiger charge is 2.22. The van der Waals surface area contributed by atoms with Gasteiger partial charge in [0, 0.05) is 17.1 Å². The van der Waals surface area contributed by atoms with E-state index in [9.17, 15) is 8.42 Å². The van der Waals surface area contributed by atoms with E-state index in [1.54, 1.807) is 11.4 Å². The predicted molar refractivity (Wildman–Crippen MR) is 90.1 cm³/mol. The van der Waals surface area contributed by atoms with Gasteiger partial charge in [-0.05, 0) is 47.0 Å². The van der Waals surface area contributed by atoms with E-state index in [1.165, 1.54) is 11.3 Å². The van der Waals surface area contributed by atoms with Gasteiger partial charge in [0.1, 0.15) is 4.21 Å². The van der Waals surface area contributed by atoms with Crippen molar-refractivity contribution in [2.45, 2.75) is 10.3 Å². The maximum absolute atomic E-state index is 12.3. The first kappa shape index (κ1) is 16.6. The van der Waals surface area contributed by atoms with Gasteiger partial charge in [0.15, 0.2) is 0 Å². The molecule has 7 heteroatoms. The van der Waals surface area contributed by atoms with Gasteiger partial charge in [0.2, 0.25) is 0 Å². The fourth-order valence-corrected chi connectivity index (χ4v) is 5.42. The molecule has 0 amide bonds. The molecule has 0 fully saturated rings. The zero-order chi connectivity index (χ0) is 15.5. The molecule has 1 unspecified atom stereocenters. The number of nitrogens with zero attached hydrogens (tertiary/aromatic N) is 1. The van der Waals surface area contributed by atoms with E-state index in [1.807, 2.05) is 49.3 Å². The Morgan fingerprint density at radius 3 is 2.43 bits per heavy atom. The lowest BCUT2D eigenvalue weighted by Gasteiger charge is -2.25. The summed E-state index contributed by atoms with van der Waals surface area (Å²) >= 11 is 4.47. The first-order valence-corrected chi connectivity index (χ1v) is 9.51. The second-order valence-corrected chi connectivity index (χ2v) is 8.53. The molecular weight excluding hydrogens is 372 g/mol. The Hall–Kier alpha value is -0.730. The molecule has 0 radical (unpaired) electrons. The highest BCUT2D eigenvalue weighted by atomic mass is 79.9. The lowest BCUT2D eigenvalue weighted by Crippen LogP contribution is -2.34. The molecule has 0 bridgehead atoms. The van der Waals surface area contributed by atoms with Crippen LogP contribution in [0.25, 0.3) is 0 Å². The summed E-state index contributed by atoms with van der Waals surface area (Å²) in [5.74, 6) is 0. The molecule has 0 aliphatic heterocycles. The lowest BCUT2D eigenvalue weighted by atomic mass is 10.1. The van der Waals surface area contributed by atoms with E-state index in [2.05, 4.69) is 20.7 Å². The highest BCUT2D eigenvalue weighted by molar-refractivity contribution is 9.10. The smallest absolute Gasteiger partial charge is 0.251 e. The predicted octanol–water partition coefficient (Wildman–Crippen LogP) is 3.09. The SMILES string of the molecule is CN(C)C(CNS(=O)(=O)c1sccc1Br)c1ccccc1. The summed E-state index contributed by atoms with van der Waals surface area (Å²) in [6.45, 7) is 0.323. The molecule has 1 aromatic heterocycles. The van der Waals surface area contributed by atoms with E-state index in [0.717, 1.165) is 5.56 Å². The normalized spacial score (nSPS) is 13.5. The van der Waals surface area contributed by atoms with Crippen LogP contribution in [0.2, 0.25) is 0 Å². The Kier molecular flexibility index (Phi) is 5.56. The van der Waals surface area contributed by atoms with Crippen LogP contribution in [0.15, 0.2) is 50.5 Å². The Bertz CT molecular complexity index is 684. The summed E-state index contributed by atoms with van der Waals surface area (Å²) in [4.78, 5) is 2.00. The Morgan fingerprint density at radius 1 is 1.24 bits per heavy atom. The summed E-state index contributed by atoms with van der Waals surface area (Å²) in [7, 11) is 0.386. The van der Waals surface area contributed by atoms with E-state index in [0.29, 0.717) is 15.2 Å². The van der Waals surface area contributed by atoms with Gasteiger partial charge in [0.05, 0.1) is 0 Å². The highest BCUT2D eigenvalue weighted by Crippen LogP contribution is 2.27. The third-order valence-electron chi connectivity index (χ3n) is 3.10. The van der Waals surface area contributed by atoms with Gasteiger partial charge in [-0.15, -0.1) is 11.3 Å². The number of halogens is 1. The number of hydrogen-bond donors (Lipinski definition) is 1. The third kappa shape index (κ3) is 4.14. The van der Waals surface area contributed by atoms with Crippen molar-refractivity contribution in [2.75, 3.05) is 20.6 Å². The average molecular weight is 389 g/mol. The minimum atomic E-state index is -3.49. The number of thiophene rings is 1. The van der Waals surface area contributed by atoms with Crippen LogP contribution in [-0.2, 0) is 10.0 Å². The van der Waals surface area contributed by atoms with Gasteiger partial charge < -0.3 is 4.90 Å². The third-order valence-corrected chi connectivity index (χ3v) is 7.20. The number of benzene rings is 1. The number of likely N-dealkylation sites (N-methyl/N-ethyl adjacent to an activating group) is 1. The summed E-state index contributed by atoms with van der Waals surface area (Å²) in [5, 5.41) is 1.75. The molecule has 1 N–H and O–H groups in total. The Morgan fingerprint density at radius 2 is 1.90 bits per heavy atom. The summed E-state index contributed by atoms with van der Waals surface area (Å²) < 4.78 is 28.3. The first-order valence-electron chi connectivity index (χ1n) is 6.36. The van der Waals surface area contributed by atoms with Gasteiger partial charge in [-0.1, -0.05) is 30.3 Å². The maximum atomic E-state index is 12.3. The summed E-state index contributed by atoms with van der Waals surface area (Å²) in [6.07, 6.45) is 0. The van der Waals surface area contributed by atoms with Gasteiger partial charge in [-0.3, -0.25) is 0 Å². The van der Waals surface area contributed by atoms with E-state index in [-0.39, 0.29) is 6.04 Å². The lowest BCUT2D eigenvalue weighted by molar-refractivity contribution is 0.299. The molecule has 0 saturated heterocycles. The molecular formula is C14H17BrN2O2S2. The number of hydrogen-bond acceptors (Lipinski definition) is 4. The van der Waals surface area contributed by atoms with Gasteiger partial charge in [-0.25, -0.2) is 13.1 Å². The van der Waals surface area contributed by atoms with Crippen LogP contribution in [-0.4, -0.2) is 34.0 Å². The second kappa shape index (κ2) is 7.02. The minimum Gasteiger partial charge on any atom is -0.301 e. The molecule has 0 aliphatic rings. The largest absolute Gasteiger partial charge is 0.301 e. The monoisotopic (exact) mass is 388 g/mol. The molecule has 2 rings (SSSR count). The topological polar surface area (TPSA) is 49.4 Å². The fourth-order valence-electron chi connectivity index (χ4n) is 2.00. The molecule has 1 atom stereocenters. The van der Waals surface area contributed by atoms with Crippen molar-refractivity contribution in [1.29, 1.82) is 0 Å². The Balaban J connectivity index is 2.15. The molecule has 1 heterocycles. The van der Waals surface area contributed by atoms with Crippen LogP contribution in [0.5, 0.6) is 0 Å². The van der Waals surface area contributed by atoms with Crippen molar-refractivity contribution in [1.82, 2.24) is 9.62 Å². The van der Waals surface area contributed by atoms with E-state index >= 15 is 0 Å². The van der Waals surface area contributed by atoms with Crippen molar-refractivity contribution in [3.8, 4) is 0 Å². The van der Waals surface area contributed by atoms with Crippen LogP contribution in [0.1, 0.15) is 11.6 Å². The molecule has 4 nitrogen and oxygen atoms in total. The van der Waals surface area contributed by atoms with Gasteiger partial charge >= 0.3 is 0 Å². The molecule has 114 valence electrons. The number of nitrogens with one attached hydrogen (secondary N) is 1. The van der Waals surface area contributed by atoms with Crippen LogP contribution in [0.3, 0.4) is 0 Å². The fraction of sp³-hybridized carbons (Fsp3) is 0.286. The van der Waals surface area contributed by atoms with E-state index in [4.69, 9.17) is 0 Å². The van der Waals surface area contributed by atoms with Crippen LogP contribution < -0.4 is 4.72 Å². The van der Waals surface area contributed by atoms with Crippen molar-refractivity contribution in [3.63, 3.8) is 0 Å². The maximum Gasteiger partial charge on any atom is 0.251 e. The quantitative estimate of drug-likeness (QED) is 0.826. The molecule has 1 aromatic carbocycles. The molecule has 21 heavy (non-hydrogen) atoms. The molecule has 0 aliphatic carbocycles. The first-order chi connectivity index (χ1) is 9.92. The zero-order valence-corrected chi connectivity index (χ0v) is 15.0. The molecule has 0 saturated carbocycles. The number of sulfonamides is 1. The molecule has 0 spiro atoms. The van der Waals surface area contributed by atoms with Crippen LogP contribution in [0, 0.1) is 0 Å². The zero-order valence-electron chi connectivity index (χ0n) is 11.8. The minimum absolute atomic E-state index is 0.0142. The van der Waals surface area contributed by atoms with Gasteiger partial charge in [-0.2, -0.15) is 0 Å². The van der Waals surface area contributed by atoms with Crippen molar-refractivity contribution in [2.24, 2.45) is 0 Å². The summed E-state index contributed by atoms with van der Waals surface area (Å²) in [5.41, 5.74) is 1.08. The Labute approximate surface area is 138 Å². The van der Waals surface area contributed by atoms with Crippen LogP contribution in [0.4, 0.5) is 0 Å². The number of rotatable bonds is 6. The summed E-state index contributed by atoms with van der Waals surface area (Å²) in [6, 6.07) is 11.6. The van der Waals surface area contributed by atoms with Crippen molar-refractivity contribution >= 4 is 37.3 Å². The standard InChI is InChI=1S/C14H17BrN2O2S2/c1-17(2)13(11-6-4-3-5-7-11)10-16-21(18,19)14-12(15)8-9-20-14/h3-9,13,16H,10H2,1-2H3. The van der Waals surface area contributed by atoms with E-state index < -0.39 is 10.0 Å². The average Bonchev–Trinajstić information content (AvgIpc) is 2.87. The van der Waals surface area contributed by atoms with Crippen molar-refractivity contribution < 1.29 is 8.42 Å². The van der Waals surface area contributed by atoms with Crippen LogP contribution >= 0.6 is 27.3 Å².